The van der Waals surface area contributed by atoms with E-state index in [-0.39, 0.29) is 23.5 Å². The fourth-order valence-corrected chi connectivity index (χ4v) is 8.97. The molecule has 3 unspecified atom stereocenters. The molecule has 2 aromatic rings. The van der Waals surface area contributed by atoms with Crippen molar-refractivity contribution in [3.05, 3.63) is 53.1 Å². The zero-order valence-corrected chi connectivity index (χ0v) is 24.4. The second-order valence-corrected chi connectivity index (χ2v) is 14.3. The normalized spacial score (nSPS) is 32.3. The smallest absolute Gasteiger partial charge is 0.229 e. The molecule has 3 fully saturated rings. The number of likely N-dealkylation sites (tertiary alicyclic amines) is 1. The van der Waals surface area contributed by atoms with Gasteiger partial charge in [-0.1, -0.05) is 18.2 Å². The van der Waals surface area contributed by atoms with Crippen molar-refractivity contribution in [2.75, 3.05) is 44.9 Å². The molecule has 6 atom stereocenters. The van der Waals surface area contributed by atoms with Crippen LogP contribution in [0.15, 0.2) is 36.4 Å². The molecular formula is C31H40N2O6S. The largest absolute Gasteiger partial charge is 0.493 e. The van der Waals surface area contributed by atoms with Gasteiger partial charge in [-0.3, -0.25) is 9.62 Å². The number of ether oxygens (including phenoxy) is 4. The van der Waals surface area contributed by atoms with E-state index in [1.807, 2.05) is 25.3 Å². The van der Waals surface area contributed by atoms with Gasteiger partial charge in [-0.05, 0) is 79.8 Å². The number of piperidine rings is 1. The standard InChI is InChI=1S/C31H40N2O6S/c1-36-26-10-9-21-15-25-24-14-22(18-38-17-20-5-4-6-23(13-20)32-40(3,34)35)28(37-2)30-31(24,27(21)29(26)39-30)11-12-33(25)16-19-7-8-19/h4-6,9-10,13,19,22,24-25,28,30,32H,7-8,11-12,14-18H2,1-3H3/t22-,24?,25-,28?,30+,31?/m1/s1. The van der Waals surface area contributed by atoms with Gasteiger partial charge in [0.25, 0.3) is 0 Å². The van der Waals surface area contributed by atoms with E-state index >= 15 is 0 Å². The third-order valence-corrected chi connectivity index (χ3v) is 10.7. The van der Waals surface area contributed by atoms with Crippen molar-refractivity contribution in [2.45, 2.75) is 62.4 Å². The van der Waals surface area contributed by atoms with E-state index in [1.165, 1.54) is 30.5 Å². The maximum atomic E-state index is 11.7. The lowest BCUT2D eigenvalue weighted by Crippen LogP contribution is -2.69. The van der Waals surface area contributed by atoms with E-state index in [2.05, 4.69) is 21.8 Å². The van der Waals surface area contributed by atoms with Crippen LogP contribution in [0.5, 0.6) is 11.5 Å². The molecule has 7 rings (SSSR count). The molecule has 9 heteroatoms. The molecule has 40 heavy (non-hydrogen) atoms. The van der Waals surface area contributed by atoms with Crippen LogP contribution in [0.1, 0.15) is 42.4 Å². The molecule has 2 aromatic carbocycles. The van der Waals surface area contributed by atoms with E-state index in [4.69, 9.17) is 18.9 Å². The van der Waals surface area contributed by atoms with Crippen molar-refractivity contribution in [1.82, 2.24) is 4.90 Å². The zero-order chi connectivity index (χ0) is 27.6. The molecule has 2 heterocycles. The average molecular weight is 569 g/mol. The zero-order valence-electron chi connectivity index (χ0n) is 23.6. The predicted octanol–water partition coefficient (Wildman–Crippen LogP) is 3.97. The molecule has 2 saturated carbocycles. The van der Waals surface area contributed by atoms with Crippen LogP contribution in [0, 0.1) is 17.8 Å². The van der Waals surface area contributed by atoms with Crippen LogP contribution in [0.2, 0.25) is 0 Å². The lowest BCUT2D eigenvalue weighted by atomic mass is 9.49. The fraction of sp³-hybridized carbons (Fsp3) is 0.613. The molecule has 0 radical (unpaired) electrons. The summed E-state index contributed by atoms with van der Waals surface area (Å²) in [6.07, 6.45) is 6.93. The Morgan fingerprint density at radius 3 is 2.77 bits per heavy atom. The highest BCUT2D eigenvalue weighted by molar-refractivity contribution is 7.92. The third kappa shape index (κ3) is 4.40. The Labute approximate surface area is 237 Å². The van der Waals surface area contributed by atoms with Crippen LogP contribution >= 0.6 is 0 Å². The summed E-state index contributed by atoms with van der Waals surface area (Å²) in [6, 6.07) is 12.3. The van der Waals surface area contributed by atoms with Gasteiger partial charge in [-0.15, -0.1) is 0 Å². The van der Waals surface area contributed by atoms with E-state index in [0.717, 1.165) is 55.0 Å². The molecule has 1 N–H and O–H groups in total. The Kier molecular flexibility index (Phi) is 6.57. The van der Waals surface area contributed by atoms with Gasteiger partial charge in [0.2, 0.25) is 10.0 Å². The van der Waals surface area contributed by atoms with E-state index in [9.17, 15) is 8.42 Å². The molecule has 0 amide bonds. The van der Waals surface area contributed by atoms with Crippen molar-refractivity contribution < 1.29 is 27.4 Å². The van der Waals surface area contributed by atoms with Crippen LogP contribution in [-0.2, 0) is 37.9 Å². The summed E-state index contributed by atoms with van der Waals surface area (Å²) in [7, 11) is 0.204. The molecule has 5 aliphatic rings. The molecule has 216 valence electrons. The van der Waals surface area contributed by atoms with Gasteiger partial charge in [0.05, 0.1) is 32.7 Å². The average Bonchev–Trinajstić information content (AvgIpc) is 3.67. The van der Waals surface area contributed by atoms with Crippen molar-refractivity contribution in [2.24, 2.45) is 17.8 Å². The predicted molar refractivity (Wildman–Crippen MR) is 152 cm³/mol. The van der Waals surface area contributed by atoms with Crippen LogP contribution in [0.25, 0.3) is 0 Å². The monoisotopic (exact) mass is 568 g/mol. The molecule has 2 bridgehead atoms. The quantitative estimate of drug-likeness (QED) is 0.464. The van der Waals surface area contributed by atoms with Gasteiger partial charge in [-0.25, -0.2) is 8.42 Å². The number of rotatable bonds is 10. The molecule has 0 aromatic heterocycles. The minimum Gasteiger partial charge on any atom is -0.493 e. The number of methoxy groups -OCH3 is 2. The summed E-state index contributed by atoms with van der Waals surface area (Å²) in [4.78, 5) is 2.79. The molecule has 3 aliphatic carbocycles. The van der Waals surface area contributed by atoms with Gasteiger partial charge in [0.15, 0.2) is 11.5 Å². The van der Waals surface area contributed by atoms with E-state index in [1.54, 1.807) is 13.2 Å². The van der Waals surface area contributed by atoms with Crippen LogP contribution < -0.4 is 14.2 Å². The number of anilines is 1. The molecule has 1 spiro atoms. The maximum absolute atomic E-state index is 11.7. The number of benzene rings is 2. The Balaban J connectivity index is 1.16. The summed E-state index contributed by atoms with van der Waals surface area (Å²) in [5, 5.41) is 0. The Hall–Kier alpha value is -2.33. The van der Waals surface area contributed by atoms with Crippen molar-refractivity contribution in [1.29, 1.82) is 0 Å². The van der Waals surface area contributed by atoms with Crippen LogP contribution in [0.3, 0.4) is 0 Å². The second kappa shape index (κ2) is 9.89. The van der Waals surface area contributed by atoms with Gasteiger partial charge in [0.1, 0.15) is 6.10 Å². The Morgan fingerprint density at radius 1 is 1.18 bits per heavy atom. The maximum Gasteiger partial charge on any atom is 0.229 e. The first-order chi connectivity index (χ1) is 19.3. The molecule has 1 saturated heterocycles. The van der Waals surface area contributed by atoms with Crippen molar-refractivity contribution in [3.8, 4) is 11.5 Å². The minimum atomic E-state index is -3.33. The van der Waals surface area contributed by atoms with E-state index in [0.29, 0.717) is 30.9 Å². The molecule has 2 aliphatic heterocycles. The summed E-state index contributed by atoms with van der Waals surface area (Å²) < 4.78 is 51.2. The number of sulfonamides is 1. The SMILES string of the molecule is COc1ccc2c3c1O[C@H]1C(OC)[C@@H](COCc4cccc(NS(C)(=O)=O)c4)CC4[C@@H](C2)N(CC2CC2)CCC341. The number of nitrogens with zero attached hydrogens (tertiary/aromatic N) is 1. The first-order valence-corrected chi connectivity index (χ1v) is 16.5. The summed E-state index contributed by atoms with van der Waals surface area (Å²) in [6.45, 7) is 3.30. The first-order valence-electron chi connectivity index (χ1n) is 14.6. The van der Waals surface area contributed by atoms with Crippen LogP contribution in [0.4, 0.5) is 5.69 Å². The highest BCUT2D eigenvalue weighted by Gasteiger charge is 2.67. The van der Waals surface area contributed by atoms with Crippen molar-refractivity contribution >= 4 is 15.7 Å². The minimum absolute atomic E-state index is 0.0506. The van der Waals surface area contributed by atoms with Gasteiger partial charge in [0, 0.05) is 42.3 Å². The van der Waals surface area contributed by atoms with Crippen molar-refractivity contribution in [3.63, 3.8) is 0 Å². The van der Waals surface area contributed by atoms with Gasteiger partial charge >= 0.3 is 0 Å². The van der Waals surface area contributed by atoms with E-state index < -0.39 is 10.0 Å². The summed E-state index contributed by atoms with van der Waals surface area (Å²) in [5.41, 5.74) is 4.24. The van der Waals surface area contributed by atoms with Gasteiger partial charge < -0.3 is 18.9 Å². The summed E-state index contributed by atoms with van der Waals surface area (Å²) >= 11 is 0. The highest BCUT2D eigenvalue weighted by atomic mass is 32.2. The Morgan fingerprint density at radius 2 is 2.02 bits per heavy atom. The molecular weight excluding hydrogens is 528 g/mol. The Bertz CT molecular complexity index is 1390. The lowest BCUT2D eigenvalue weighted by molar-refractivity contribution is -0.154. The first kappa shape index (κ1) is 26.6. The van der Waals surface area contributed by atoms with Gasteiger partial charge in [-0.2, -0.15) is 0 Å². The molecule has 8 nitrogen and oxygen atoms in total. The fourth-order valence-electron chi connectivity index (χ4n) is 8.41. The highest BCUT2D eigenvalue weighted by Crippen LogP contribution is 2.65. The lowest BCUT2D eigenvalue weighted by Gasteiger charge is -2.61. The second-order valence-electron chi connectivity index (χ2n) is 12.6. The van der Waals surface area contributed by atoms with Crippen LogP contribution in [-0.4, -0.2) is 71.7 Å². The third-order valence-electron chi connectivity index (χ3n) is 10.1. The number of hydrogen-bond acceptors (Lipinski definition) is 7. The topological polar surface area (TPSA) is 86.3 Å². The number of nitrogens with one attached hydrogen (secondary N) is 1. The summed E-state index contributed by atoms with van der Waals surface area (Å²) in [5.74, 6) is 3.29. The number of hydrogen-bond donors (Lipinski definition) is 1.